The number of ether oxygens (including phenoxy) is 2. The second-order valence-electron chi connectivity index (χ2n) is 4.80. The fourth-order valence-corrected chi connectivity index (χ4v) is 1.95. The molecule has 0 aliphatic rings. The second kappa shape index (κ2) is 7.87. The van der Waals surface area contributed by atoms with Crippen molar-refractivity contribution in [1.29, 1.82) is 0 Å². The topological polar surface area (TPSA) is 44.5 Å². The summed E-state index contributed by atoms with van der Waals surface area (Å²) in [5.41, 5.74) is 5.91. The molecule has 0 fully saturated rings. The molecule has 3 nitrogen and oxygen atoms in total. The molecule has 0 bridgehead atoms. The monoisotopic (exact) mass is 269 g/mol. The summed E-state index contributed by atoms with van der Waals surface area (Å²) in [4.78, 5) is 0. The molecule has 1 aromatic rings. The Morgan fingerprint density at radius 2 is 1.95 bits per heavy atom. The summed E-state index contributed by atoms with van der Waals surface area (Å²) >= 11 is 0. The number of halogens is 1. The highest BCUT2D eigenvalue weighted by atomic mass is 19.1. The summed E-state index contributed by atoms with van der Waals surface area (Å²) < 4.78 is 24.4. The fraction of sp³-hybridized carbons (Fsp3) is 0.600. The van der Waals surface area contributed by atoms with E-state index in [1.165, 1.54) is 38.5 Å². The van der Waals surface area contributed by atoms with Gasteiger partial charge in [0.05, 0.1) is 18.9 Å². The number of benzene rings is 1. The summed E-state index contributed by atoms with van der Waals surface area (Å²) in [6.07, 6.45) is 5.64. The van der Waals surface area contributed by atoms with Crippen LogP contribution in [0.4, 0.5) is 10.1 Å². The molecular formula is C15H24FNO2. The molecule has 0 saturated carbocycles. The molecule has 0 radical (unpaired) electrons. The Morgan fingerprint density at radius 1 is 1.21 bits per heavy atom. The smallest absolute Gasteiger partial charge is 0.167 e. The molecule has 4 heteroatoms. The molecule has 1 atom stereocenters. The van der Waals surface area contributed by atoms with E-state index in [2.05, 4.69) is 6.92 Å². The minimum atomic E-state index is -0.446. The minimum absolute atomic E-state index is 0.0142. The summed E-state index contributed by atoms with van der Waals surface area (Å²) in [7, 11) is 1.50. The second-order valence-corrected chi connectivity index (χ2v) is 4.80. The van der Waals surface area contributed by atoms with E-state index in [1.807, 2.05) is 6.92 Å². The molecule has 0 spiro atoms. The van der Waals surface area contributed by atoms with Crippen LogP contribution in [-0.4, -0.2) is 13.2 Å². The van der Waals surface area contributed by atoms with E-state index in [1.54, 1.807) is 0 Å². The number of unbranched alkanes of at least 4 members (excludes halogenated alkanes) is 3. The van der Waals surface area contributed by atoms with Crippen molar-refractivity contribution >= 4 is 5.69 Å². The highest BCUT2D eigenvalue weighted by Crippen LogP contribution is 2.30. The maximum atomic E-state index is 13.7. The fourth-order valence-electron chi connectivity index (χ4n) is 1.95. The van der Waals surface area contributed by atoms with Crippen LogP contribution in [0.3, 0.4) is 0 Å². The Hall–Kier alpha value is -1.45. The van der Waals surface area contributed by atoms with Crippen LogP contribution in [-0.2, 0) is 0 Å². The van der Waals surface area contributed by atoms with E-state index < -0.39 is 5.82 Å². The van der Waals surface area contributed by atoms with Crippen molar-refractivity contribution in [2.75, 3.05) is 12.8 Å². The summed E-state index contributed by atoms with van der Waals surface area (Å²) in [6.45, 7) is 4.13. The SMILES string of the molecule is CCCCCCC(C)Oc1cc(OC)c(N)cc1F. The average Bonchev–Trinajstić information content (AvgIpc) is 2.38. The summed E-state index contributed by atoms with van der Waals surface area (Å²) in [5.74, 6) is 0.197. The van der Waals surface area contributed by atoms with Crippen LogP contribution in [0.2, 0.25) is 0 Å². The van der Waals surface area contributed by atoms with E-state index in [4.69, 9.17) is 15.2 Å². The third kappa shape index (κ3) is 4.97. The highest BCUT2D eigenvalue weighted by Gasteiger charge is 2.12. The molecule has 1 rings (SSSR count). The van der Waals surface area contributed by atoms with Gasteiger partial charge in [-0.25, -0.2) is 4.39 Å². The van der Waals surface area contributed by atoms with Crippen LogP contribution >= 0.6 is 0 Å². The number of rotatable bonds is 8. The lowest BCUT2D eigenvalue weighted by molar-refractivity contribution is 0.197. The Bertz CT molecular complexity index is 396. The minimum Gasteiger partial charge on any atom is -0.494 e. The molecular weight excluding hydrogens is 245 g/mol. The van der Waals surface area contributed by atoms with Crippen molar-refractivity contribution in [1.82, 2.24) is 0 Å². The third-order valence-corrected chi connectivity index (χ3v) is 3.08. The number of methoxy groups -OCH3 is 1. The Kier molecular flexibility index (Phi) is 6.46. The lowest BCUT2D eigenvalue weighted by Gasteiger charge is -2.16. The van der Waals surface area contributed by atoms with E-state index >= 15 is 0 Å². The van der Waals surface area contributed by atoms with Crippen LogP contribution in [0.5, 0.6) is 11.5 Å². The molecule has 0 heterocycles. The van der Waals surface area contributed by atoms with Gasteiger partial charge >= 0.3 is 0 Å². The maximum Gasteiger partial charge on any atom is 0.167 e. The first-order valence-electron chi connectivity index (χ1n) is 6.88. The van der Waals surface area contributed by atoms with Crippen molar-refractivity contribution < 1.29 is 13.9 Å². The third-order valence-electron chi connectivity index (χ3n) is 3.08. The zero-order valence-corrected chi connectivity index (χ0v) is 12.0. The van der Waals surface area contributed by atoms with E-state index in [0.29, 0.717) is 5.75 Å². The summed E-state index contributed by atoms with van der Waals surface area (Å²) in [6, 6.07) is 2.74. The quantitative estimate of drug-likeness (QED) is 0.569. The van der Waals surface area contributed by atoms with E-state index in [0.717, 1.165) is 12.8 Å². The van der Waals surface area contributed by atoms with Gasteiger partial charge in [0, 0.05) is 12.1 Å². The lowest BCUT2D eigenvalue weighted by Crippen LogP contribution is -2.12. The molecule has 0 amide bonds. The molecule has 108 valence electrons. The van der Waals surface area contributed by atoms with Crippen molar-refractivity contribution in [3.63, 3.8) is 0 Å². The molecule has 0 saturated heterocycles. The highest BCUT2D eigenvalue weighted by molar-refractivity contribution is 5.56. The standard InChI is InChI=1S/C15H24FNO2/c1-4-5-6-7-8-11(2)19-14-10-15(18-3)13(17)9-12(14)16/h9-11H,4-8,17H2,1-3H3. The first kappa shape index (κ1) is 15.6. The molecule has 0 aliphatic heterocycles. The van der Waals surface area contributed by atoms with Crippen LogP contribution in [0.25, 0.3) is 0 Å². The number of nitrogen functional groups attached to an aromatic ring is 1. The Balaban J connectivity index is 2.56. The molecule has 0 aromatic heterocycles. The van der Waals surface area contributed by atoms with Crippen molar-refractivity contribution in [2.45, 2.75) is 52.1 Å². The average molecular weight is 269 g/mol. The zero-order valence-electron chi connectivity index (χ0n) is 12.0. The van der Waals surface area contributed by atoms with Gasteiger partial charge in [-0.3, -0.25) is 0 Å². The zero-order chi connectivity index (χ0) is 14.3. The molecule has 1 aromatic carbocycles. The van der Waals surface area contributed by atoms with Crippen LogP contribution in [0.15, 0.2) is 12.1 Å². The molecule has 2 N–H and O–H groups in total. The first-order chi connectivity index (χ1) is 9.08. The summed E-state index contributed by atoms with van der Waals surface area (Å²) in [5, 5.41) is 0. The van der Waals surface area contributed by atoms with Crippen LogP contribution < -0.4 is 15.2 Å². The predicted octanol–water partition coefficient (Wildman–Crippen LogP) is 4.15. The van der Waals surface area contributed by atoms with Gasteiger partial charge in [-0.15, -0.1) is 0 Å². The van der Waals surface area contributed by atoms with Crippen molar-refractivity contribution in [2.24, 2.45) is 0 Å². The van der Waals surface area contributed by atoms with Gasteiger partial charge < -0.3 is 15.2 Å². The van der Waals surface area contributed by atoms with Gasteiger partial charge in [-0.1, -0.05) is 26.2 Å². The van der Waals surface area contributed by atoms with E-state index in [-0.39, 0.29) is 17.5 Å². The normalized spacial score (nSPS) is 12.2. The first-order valence-corrected chi connectivity index (χ1v) is 6.88. The Morgan fingerprint density at radius 3 is 2.58 bits per heavy atom. The number of anilines is 1. The molecule has 1 unspecified atom stereocenters. The Labute approximate surface area is 114 Å². The molecule has 0 aliphatic carbocycles. The maximum absolute atomic E-state index is 13.7. The number of nitrogens with two attached hydrogens (primary N) is 1. The van der Waals surface area contributed by atoms with Gasteiger partial charge in [0.25, 0.3) is 0 Å². The largest absolute Gasteiger partial charge is 0.494 e. The van der Waals surface area contributed by atoms with Gasteiger partial charge in [-0.05, 0) is 19.8 Å². The lowest BCUT2D eigenvalue weighted by atomic mass is 10.1. The van der Waals surface area contributed by atoms with Gasteiger partial charge in [0.2, 0.25) is 0 Å². The number of hydrogen-bond acceptors (Lipinski definition) is 3. The predicted molar refractivity (Wildman–Crippen MR) is 76.2 cm³/mol. The van der Waals surface area contributed by atoms with Gasteiger partial charge in [0.15, 0.2) is 11.6 Å². The van der Waals surface area contributed by atoms with Crippen LogP contribution in [0.1, 0.15) is 46.0 Å². The number of hydrogen-bond donors (Lipinski definition) is 1. The van der Waals surface area contributed by atoms with Crippen LogP contribution in [0, 0.1) is 5.82 Å². The van der Waals surface area contributed by atoms with Gasteiger partial charge in [-0.2, -0.15) is 0 Å². The van der Waals surface area contributed by atoms with Gasteiger partial charge in [0.1, 0.15) is 5.75 Å². The van der Waals surface area contributed by atoms with Crippen molar-refractivity contribution in [3.05, 3.63) is 17.9 Å². The van der Waals surface area contributed by atoms with E-state index in [9.17, 15) is 4.39 Å². The molecule has 19 heavy (non-hydrogen) atoms. The van der Waals surface area contributed by atoms with Crippen molar-refractivity contribution in [3.8, 4) is 11.5 Å².